The molecule has 682 valence electrons. The van der Waals surface area contributed by atoms with Gasteiger partial charge >= 0.3 is 0 Å². The monoisotopic (exact) mass is 1840 g/mol. The van der Waals surface area contributed by atoms with E-state index in [1.165, 1.54) is 234 Å². The molecule has 0 aromatic heterocycles. The topological polar surface area (TPSA) is 9.72 Å². The van der Waals surface area contributed by atoms with Gasteiger partial charge in [-0.3, -0.25) is 0 Å². The van der Waals surface area contributed by atoms with Crippen molar-refractivity contribution in [3.63, 3.8) is 0 Å². The molecule has 0 amide bonds. The highest BCUT2D eigenvalue weighted by Crippen LogP contribution is 2.70. The van der Waals surface area contributed by atoms with E-state index in [4.69, 9.17) is 0 Å². The van der Waals surface area contributed by atoms with Gasteiger partial charge in [-0.25, -0.2) is 0 Å². The third-order valence-corrected chi connectivity index (χ3v) is 31.4. The summed E-state index contributed by atoms with van der Waals surface area (Å²) in [6.45, 7) is 13.2. The van der Waals surface area contributed by atoms with Gasteiger partial charge in [-0.15, -0.1) is 0 Å². The van der Waals surface area contributed by atoms with Gasteiger partial charge in [0, 0.05) is 50.8 Å². The third kappa shape index (κ3) is 13.5. The van der Waals surface area contributed by atoms with Crippen LogP contribution in [0.15, 0.2) is 516 Å². The molecule has 0 heterocycles. The Kier molecular flexibility index (Phi) is 21.0. The second kappa shape index (κ2) is 34.9. The van der Waals surface area contributed by atoms with Gasteiger partial charge in [0.05, 0.1) is 33.3 Å². The van der Waals surface area contributed by atoms with Gasteiger partial charge in [0.1, 0.15) is 0 Å². The first-order valence-electron chi connectivity index (χ1n) is 50.4. The lowest BCUT2D eigenvalue weighted by Crippen LogP contribution is -2.28. The number of hydrogen-bond acceptors (Lipinski definition) is 3. The van der Waals surface area contributed by atoms with Crippen LogP contribution in [0.1, 0.15) is 100 Å². The number of rotatable bonds is 13. The first kappa shape index (κ1) is 86.6. The molecule has 0 unspecified atom stereocenters. The lowest BCUT2D eigenvalue weighted by Gasteiger charge is -2.36. The Hall–Kier alpha value is -17.8. The van der Waals surface area contributed by atoms with E-state index in [1.807, 2.05) is 0 Å². The van der Waals surface area contributed by atoms with Gasteiger partial charge in [0.25, 0.3) is 0 Å². The van der Waals surface area contributed by atoms with Crippen molar-refractivity contribution in [2.45, 2.75) is 57.8 Å². The van der Waals surface area contributed by atoms with Crippen LogP contribution >= 0.6 is 0 Å². The Bertz CT molecular complexity index is 8590. The molecule has 3 spiro atoms. The van der Waals surface area contributed by atoms with Crippen molar-refractivity contribution in [2.75, 3.05) is 14.7 Å². The molecule has 0 atom stereocenters. The Labute approximate surface area is 844 Å². The van der Waals surface area contributed by atoms with Crippen molar-refractivity contribution in [1.82, 2.24) is 0 Å². The molecule has 6 aliphatic rings. The molecule has 0 bridgehead atoms. The molecule has 0 fully saturated rings. The Morgan fingerprint density at radius 1 is 0.132 bits per heavy atom. The van der Waals surface area contributed by atoms with Crippen molar-refractivity contribution in [1.29, 1.82) is 0 Å². The molecular formula is C141H103N3. The van der Waals surface area contributed by atoms with E-state index in [2.05, 4.69) is 572 Å². The van der Waals surface area contributed by atoms with Crippen LogP contribution in [-0.2, 0) is 16.2 Å². The average Bonchev–Trinajstić information content (AvgIpc) is 1.51. The molecule has 28 rings (SSSR count). The summed E-state index contributed by atoms with van der Waals surface area (Å²) < 4.78 is 0. The predicted molar refractivity (Wildman–Crippen MR) is 602 cm³/mol. The normalized spacial score (nSPS) is 13.1. The summed E-state index contributed by atoms with van der Waals surface area (Å²) in [5.74, 6) is 0. The van der Waals surface area contributed by atoms with Crippen molar-refractivity contribution in [3.05, 3.63) is 616 Å². The second-order valence-corrected chi connectivity index (χ2v) is 39.5. The summed E-state index contributed by atoms with van der Waals surface area (Å²) in [7, 11) is 0. The molecular weight excluding hydrogens is 1740 g/mol. The fourth-order valence-corrected chi connectivity index (χ4v) is 25.4. The molecule has 3 heteroatoms. The highest BCUT2D eigenvalue weighted by Gasteiger charge is 2.57. The van der Waals surface area contributed by atoms with E-state index in [0.29, 0.717) is 0 Å². The third-order valence-electron chi connectivity index (χ3n) is 31.4. The van der Waals surface area contributed by atoms with Gasteiger partial charge in [0.2, 0.25) is 0 Å². The van der Waals surface area contributed by atoms with Crippen LogP contribution in [0.5, 0.6) is 0 Å². The highest BCUT2D eigenvalue weighted by atomic mass is 15.2. The molecule has 0 aliphatic heterocycles. The fourth-order valence-electron chi connectivity index (χ4n) is 25.4. The minimum absolute atomic E-state index is 0.436. The average molecular weight is 1840 g/mol. The number of hydrogen-bond donors (Lipinski definition) is 0. The first-order valence-corrected chi connectivity index (χ1v) is 50.4. The lowest BCUT2D eigenvalue weighted by atomic mass is 9.70. The standard InChI is InChI=1S/C49H33N.2C46H35N/c1-3-16-34(17-4-1)36-20-13-22-38(32-36)50(39-23-14-21-37(33-39)35-18-5-2-6-19-35)47-31-15-27-43-42-26-9-12-30-46(42)49(48(43)47)44-28-10-7-24-40(44)41-25-8-11-29-45(41)49;1-30-22-25-35(26-23-30)47(43-27-24-34(29-32(43)3)33-13-10-12-31(2)28-33)44-21-11-17-39-38-16-6-9-20-42(38)46(45(39)44)40-18-7-4-14-36(40)37-15-5-8-19-41(37)46;1-30-23-25-33(26-24-30)47(34-27-28-36(32(3)29-34)35-14-5-4-13-31(35)2)44-22-12-18-40-39-17-8-11-21-43(39)46(45(40)44)41-19-9-6-15-37(41)38-16-7-10-20-42(38)46/h1-33H;2*4-29H,1-3H3. The zero-order valence-corrected chi connectivity index (χ0v) is 81.4. The van der Waals surface area contributed by atoms with E-state index >= 15 is 0 Å². The highest BCUT2D eigenvalue weighted by molar-refractivity contribution is 6.05. The van der Waals surface area contributed by atoms with Crippen molar-refractivity contribution < 1.29 is 0 Å². The van der Waals surface area contributed by atoms with Crippen molar-refractivity contribution in [2.24, 2.45) is 0 Å². The quantitative estimate of drug-likeness (QED) is 0.114. The first-order chi connectivity index (χ1) is 70.9. The van der Waals surface area contributed by atoms with Crippen LogP contribution in [0, 0.1) is 41.5 Å². The van der Waals surface area contributed by atoms with Crippen LogP contribution in [-0.4, -0.2) is 0 Å². The number of aryl methyl sites for hydroxylation is 6. The molecule has 3 nitrogen and oxygen atoms in total. The largest absolute Gasteiger partial charge is 0.310 e. The van der Waals surface area contributed by atoms with Crippen LogP contribution in [0.3, 0.4) is 0 Å². The molecule has 6 aliphatic carbocycles. The van der Waals surface area contributed by atoms with E-state index in [9.17, 15) is 0 Å². The van der Waals surface area contributed by atoms with Crippen LogP contribution in [0.25, 0.3) is 111 Å². The van der Waals surface area contributed by atoms with Gasteiger partial charge in [-0.1, -0.05) is 441 Å². The minimum atomic E-state index is -0.470. The Morgan fingerprint density at radius 3 is 0.750 bits per heavy atom. The van der Waals surface area contributed by atoms with Gasteiger partial charge in [-0.2, -0.15) is 0 Å². The predicted octanol–water partition coefficient (Wildman–Crippen LogP) is 37.0. The fraction of sp³-hybridized carbons (Fsp3) is 0.0638. The van der Waals surface area contributed by atoms with E-state index in [-0.39, 0.29) is 0 Å². The van der Waals surface area contributed by atoms with E-state index in [0.717, 1.165) is 28.4 Å². The van der Waals surface area contributed by atoms with Crippen LogP contribution in [0.2, 0.25) is 0 Å². The SMILES string of the molecule is Cc1ccc(N(c2ccc(-c3cccc(C)c3)cc2C)c2cccc3c2C2(c4ccccc4-c4ccccc42)c2ccccc2-3)cc1.Cc1ccc(N(c2ccc(-c3ccccc3C)c(C)c2)c2cccc3c2C2(c4ccccc4-c4ccccc42)c2ccccc2-3)cc1.c1ccc(-c2cccc(N(c3cccc(-c4ccccc4)c3)c3cccc4c3C3(c5ccccc5-c5ccccc53)c3ccccc3-4)c2)cc1. The molecule has 0 saturated heterocycles. The minimum Gasteiger partial charge on any atom is -0.310 e. The molecule has 22 aromatic carbocycles. The summed E-state index contributed by atoms with van der Waals surface area (Å²) in [5, 5.41) is 0. The summed E-state index contributed by atoms with van der Waals surface area (Å²) in [4.78, 5) is 7.49. The van der Waals surface area contributed by atoms with Crippen molar-refractivity contribution >= 4 is 51.2 Å². The zero-order valence-electron chi connectivity index (χ0n) is 81.4. The maximum Gasteiger partial charge on any atom is 0.0746 e. The number of anilines is 9. The van der Waals surface area contributed by atoms with E-state index < -0.39 is 16.2 Å². The van der Waals surface area contributed by atoms with Gasteiger partial charge in [0.15, 0.2) is 0 Å². The molecule has 0 N–H and O–H groups in total. The molecule has 144 heavy (non-hydrogen) atoms. The smallest absolute Gasteiger partial charge is 0.0746 e. The van der Waals surface area contributed by atoms with Gasteiger partial charge in [-0.05, 0) is 311 Å². The van der Waals surface area contributed by atoms with Crippen LogP contribution in [0.4, 0.5) is 51.2 Å². The zero-order chi connectivity index (χ0) is 96.5. The number of nitrogens with zero attached hydrogens (tertiary/aromatic N) is 3. The number of benzene rings is 22. The Morgan fingerprint density at radius 2 is 0.396 bits per heavy atom. The maximum atomic E-state index is 2.50. The second-order valence-electron chi connectivity index (χ2n) is 39.5. The molecule has 22 aromatic rings. The molecule has 0 saturated carbocycles. The summed E-state index contributed by atoms with van der Waals surface area (Å²) in [6, 6.07) is 191. The van der Waals surface area contributed by atoms with Crippen LogP contribution < -0.4 is 14.7 Å². The summed E-state index contributed by atoms with van der Waals surface area (Å²) in [6.07, 6.45) is 0. The number of fused-ring (bicyclic) bond motifs is 30. The van der Waals surface area contributed by atoms with E-state index in [1.54, 1.807) is 0 Å². The molecule has 0 radical (unpaired) electrons. The lowest BCUT2D eigenvalue weighted by molar-refractivity contribution is 0.793. The van der Waals surface area contributed by atoms with Gasteiger partial charge < -0.3 is 14.7 Å². The van der Waals surface area contributed by atoms with Crippen molar-refractivity contribution in [3.8, 4) is 111 Å². The summed E-state index contributed by atoms with van der Waals surface area (Å²) >= 11 is 0. The maximum absolute atomic E-state index is 2.50. The summed E-state index contributed by atoms with van der Waals surface area (Å²) in [5.41, 5.74) is 58.4. The Balaban J connectivity index is 0.000000110.